The van der Waals surface area contributed by atoms with Gasteiger partial charge in [0.25, 0.3) is 0 Å². The molecular weight excluding hydrogens is 194 g/mol. The molecule has 0 aromatic rings. The predicted molar refractivity (Wildman–Crippen MR) is 51.4 cm³/mol. The first-order valence-corrected chi connectivity index (χ1v) is 3.71. The SMILES string of the molecule is C=C(CCC(=O)OCC)C(N)=O.Cl. The second-order valence-corrected chi connectivity index (χ2v) is 2.27. The van der Waals surface area contributed by atoms with Gasteiger partial charge >= 0.3 is 5.97 Å². The van der Waals surface area contributed by atoms with Gasteiger partial charge in [-0.1, -0.05) is 6.58 Å². The number of rotatable bonds is 5. The highest BCUT2D eigenvalue weighted by molar-refractivity contribution is 5.91. The second kappa shape index (κ2) is 7.61. The highest BCUT2D eigenvalue weighted by Crippen LogP contribution is 2.02. The largest absolute Gasteiger partial charge is 0.466 e. The molecule has 0 aromatic carbocycles. The number of esters is 1. The summed E-state index contributed by atoms with van der Waals surface area (Å²) in [7, 11) is 0. The number of amides is 1. The number of nitrogens with two attached hydrogens (primary N) is 1. The molecular formula is C8H14ClNO3. The number of hydrogen-bond acceptors (Lipinski definition) is 3. The van der Waals surface area contributed by atoms with E-state index >= 15 is 0 Å². The van der Waals surface area contributed by atoms with Crippen LogP contribution in [0.25, 0.3) is 0 Å². The van der Waals surface area contributed by atoms with Gasteiger partial charge in [-0.2, -0.15) is 0 Å². The number of primary amides is 1. The fraction of sp³-hybridized carbons (Fsp3) is 0.500. The molecule has 5 heteroatoms. The maximum absolute atomic E-state index is 10.8. The van der Waals surface area contributed by atoms with Crippen LogP contribution in [0.1, 0.15) is 19.8 Å². The number of hydrogen-bond donors (Lipinski definition) is 1. The third kappa shape index (κ3) is 7.33. The molecule has 0 aliphatic heterocycles. The maximum atomic E-state index is 10.8. The van der Waals surface area contributed by atoms with Crippen molar-refractivity contribution in [3.63, 3.8) is 0 Å². The van der Waals surface area contributed by atoms with Crippen molar-refractivity contribution in [1.29, 1.82) is 0 Å². The quantitative estimate of drug-likeness (QED) is 0.535. The zero-order valence-corrected chi connectivity index (χ0v) is 8.36. The summed E-state index contributed by atoms with van der Waals surface area (Å²) in [6.07, 6.45) is 0.434. The van der Waals surface area contributed by atoms with E-state index in [0.717, 1.165) is 0 Å². The number of carbonyl (C=O) groups is 2. The van der Waals surface area contributed by atoms with Crippen LogP contribution in [0.2, 0.25) is 0 Å². The highest BCUT2D eigenvalue weighted by atomic mass is 35.5. The predicted octanol–water partition coefficient (Wildman–Crippen LogP) is 0.793. The third-order valence-corrected chi connectivity index (χ3v) is 1.28. The summed E-state index contributed by atoms with van der Waals surface area (Å²) in [5.74, 6) is -0.904. The Morgan fingerprint density at radius 1 is 1.38 bits per heavy atom. The van der Waals surface area contributed by atoms with Crippen molar-refractivity contribution in [2.24, 2.45) is 5.73 Å². The number of halogens is 1. The Kier molecular flexibility index (Phi) is 8.48. The van der Waals surface area contributed by atoms with Crippen molar-refractivity contribution in [2.75, 3.05) is 6.61 Å². The molecule has 0 aromatic heterocycles. The molecule has 2 N–H and O–H groups in total. The molecule has 0 heterocycles. The molecule has 0 atom stereocenters. The van der Waals surface area contributed by atoms with Crippen molar-refractivity contribution in [1.82, 2.24) is 0 Å². The van der Waals surface area contributed by atoms with Gasteiger partial charge in [0, 0.05) is 12.0 Å². The van der Waals surface area contributed by atoms with E-state index in [1.807, 2.05) is 0 Å². The van der Waals surface area contributed by atoms with E-state index in [4.69, 9.17) is 5.73 Å². The molecule has 0 fully saturated rings. The minimum Gasteiger partial charge on any atom is -0.466 e. The standard InChI is InChI=1S/C8H13NO3.ClH/c1-3-12-7(10)5-4-6(2)8(9)11;/h2-5H2,1H3,(H2,9,11);1H. The zero-order chi connectivity index (χ0) is 9.56. The third-order valence-electron chi connectivity index (χ3n) is 1.28. The van der Waals surface area contributed by atoms with Crippen molar-refractivity contribution < 1.29 is 14.3 Å². The van der Waals surface area contributed by atoms with Gasteiger partial charge in [0.15, 0.2) is 0 Å². The van der Waals surface area contributed by atoms with Gasteiger partial charge in [-0.25, -0.2) is 0 Å². The van der Waals surface area contributed by atoms with Gasteiger partial charge in [0.1, 0.15) is 0 Å². The summed E-state index contributed by atoms with van der Waals surface area (Å²) in [5, 5.41) is 0. The first-order valence-electron chi connectivity index (χ1n) is 3.71. The lowest BCUT2D eigenvalue weighted by atomic mass is 10.1. The van der Waals surface area contributed by atoms with Gasteiger partial charge in [-0.15, -0.1) is 12.4 Å². The molecule has 0 saturated heterocycles. The summed E-state index contributed by atoms with van der Waals surface area (Å²) < 4.78 is 4.64. The van der Waals surface area contributed by atoms with Crippen molar-refractivity contribution in [2.45, 2.75) is 19.8 Å². The summed E-state index contributed by atoms with van der Waals surface area (Å²) in [6, 6.07) is 0. The molecule has 0 unspecified atom stereocenters. The Balaban J connectivity index is 0. The van der Waals surface area contributed by atoms with Gasteiger partial charge < -0.3 is 10.5 Å². The van der Waals surface area contributed by atoms with Gasteiger partial charge in [-0.3, -0.25) is 9.59 Å². The molecule has 0 spiro atoms. The fourth-order valence-electron chi connectivity index (χ4n) is 0.609. The number of ether oxygens (including phenoxy) is 1. The first kappa shape index (κ1) is 14.5. The van der Waals surface area contributed by atoms with Crippen molar-refractivity contribution >= 4 is 24.3 Å². The van der Waals surface area contributed by atoms with Crippen LogP contribution in [-0.2, 0) is 14.3 Å². The van der Waals surface area contributed by atoms with Gasteiger partial charge in [0.2, 0.25) is 5.91 Å². The smallest absolute Gasteiger partial charge is 0.306 e. The van der Waals surface area contributed by atoms with Crippen LogP contribution in [0, 0.1) is 0 Å². The monoisotopic (exact) mass is 207 g/mol. The van der Waals surface area contributed by atoms with Crippen LogP contribution in [-0.4, -0.2) is 18.5 Å². The highest BCUT2D eigenvalue weighted by Gasteiger charge is 2.06. The lowest BCUT2D eigenvalue weighted by Gasteiger charge is -2.01. The zero-order valence-electron chi connectivity index (χ0n) is 7.54. The summed E-state index contributed by atoms with van der Waals surface area (Å²) >= 11 is 0. The Hall–Kier alpha value is -1.03. The Morgan fingerprint density at radius 3 is 2.31 bits per heavy atom. The molecule has 13 heavy (non-hydrogen) atoms. The van der Waals surface area contributed by atoms with E-state index in [-0.39, 0.29) is 36.8 Å². The van der Waals surface area contributed by atoms with Crippen molar-refractivity contribution in [3.8, 4) is 0 Å². The van der Waals surface area contributed by atoms with Crippen LogP contribution >= 0.6 is 12.4 Å². The lowest BCUT2D eigenvalue weighted by Crippen LogP contribution is -2.14. The van der Waals surface area contributed by atoms with E-state index in [9.17, 15) is 9.59 Å². The van der Waals surface area contributed by atoms with E-state index in [0.29, 0.717) is 6.61 Å². The molecule has 0 radical (unpaired) electrons. The van der Waals surface area contributed by atoms with Crippen molar-refractivity contribution in [3.05, 3.63) is 12.2 Å². The van der Waals surface area contributed by atoms with Crippen LogP contribution in [0.15, 0.2) is 12.2 Å². The Morgan fingerprint density at radius 2 is 1.92 bits per heavy atom. The maximum Gasteiger partial charge on any atom is 0.306 e. The topological polar surface area (TPSA) is 69.4 Å². The van der Waals surface area contributed by atoms with E-state index in [2.05, 4.69) is 11.3 Å². The second-order valence-electron chi connectivity index (χ2n) is 2.27. The van der Waals surface area contributed by atoms with Crippen LogP contribution in [0.5, 0.6) is 0 Å². The van der Waals surface area contributed by atoms with Crippen LogP contribution < -0.4 is 5.73 Å². The Labute approximate surface area is 83.5 Å². The molecule has 0 saturated carbocycles. The first-order chi connectivity index (χ1) is 5.57. The van der Waals surface area contributed by atoms with E-state index < -0.39 is 5.91 Å². The molecule has 0 aliphatic carbocycles. The average molecular weight is 208 g/mol. The minimum atomic E-state index is -0.570. The summed E-state index contributed by atoms with van der Waals surface area (Å²) in [5.41, 5.74) is 5.16. The normalized spacial score (nSPS) is 8.38. The molecule has 1 amide bonds. The van der Waals surface area contributed by atoms with Crippen LogP contribution in [0.3, 0.4) is 0 Å². The summed E-state index contributed by atoms with van der Waals surface area (Å²) in [6.45, 7) is 5.48. The summed E-state index contributed by atoms with van der Waals surface area (Å²) in [4.78, 5) is 21.2. The van der Waals surface area contributed by atoms with Crippen LogP contribution in [0.4, 0.5) is 0 Å². The van der Waals surface area contributed by atoms with E-state index in [1.165, 1.54) is 0 Å². The lowest BCUT2D eigenvalue weighted by molar-refractivity contribution is -0.143. The number of carbonyl (C=O) groups excluding carboxylic acids is 2. The molecule has 0 rings (SSSR count). The molecule has 76 valence electrons. The van der Waals surface area contributed by atoms with Gasteiger partial charge in [0.05, 0.1) is 6.61 Å². The average Bonchev–Trinajstić information content (AvgIpc) is 2.00. The molecule has 0 aliphatic rings. The van der Waals surface area contributed by atoms with Gasteiger partial charge in [-0.05, 0) is 13.3 Å². The Bertz CT molecular complexity index is 204. The molecule has 0 bridgehead atoms. The van der Waals surface area contributed by atoms with E-state index in [1.54, 1.807) is 6.92 Å². The minimum absolute atomic E-state index is 0. The fourth-order valence-corrected chi connectivity index (χ4v) is 0.609. The molecule has 4 nitrogen and oxygen atoms in total.